The number of aliphatic hydroxyl groups is 1. The molecule has 0 fully saturated rings. The number of hydrogen-bond donors (Lipinski definition) is 2. The molecule has 0 bridgehead atoms. The van der Waals surface area contributed by atoms with E-state index in [2.05, 4.69) is 10.1 Å². The van der Waals surface area contributed by atoms with E-state index < -0.39 is 12.7 Å². The molecule has 2 rings (SSSR count). The zero-order valence-corrected chi connectivity index (χ0v) is 13.4. The van der Waals surface area contributed by atoms with Gasteiger partial charge in [0.05, 0.1) is 6.10 Å². The summed E-state index contributed by atoms with van der Waals surface area (Å²) >= 11 is 0. The summed E-state index contributed by atoms with van der Waals surface area (Å²) in [4.78, 5) is 11.8. The monoisotopic (exact) mass is 347 g/mol. The summed E-state index contributed by atoms with van der Waals surface area (Å²) in [6.07, 6.45) is 2.64. The van der Waals surface area contributed by atoms with E-state index in [1.165, 1.54) is 18.2 Å². The Labute approximate surface area is 144 Å². The third-order valence-electron chi connectivity index (χ3n) is 3.36. The van der Waals surface area contributed by atoms with E-state index in [4.69, 9.17) is 0 Å². The second kappa shape index (κ2) is 9.54. The predicted octanol–water partition coefficient (Wildman–Crippen LogP) is 3.02. The van der Waals surface area contributed by atoms with Crippen molar-refractivity contribution in [3.8, 4) is 5.75 Å². The lowest BCUT2D eigenvalue weighted by atomic mass is 10.1. The van der Waals surface area contributed by atoms with E-state index in [9.17, 15) is 18.7 Å². The number of amides is 1. The molecule has 2 aromatic carbocycles. The first-order valence-electron chi connectivity index (χ1n) is 7.75. The van der Waals surface area contributed by atoms with Gasteiger partial charge in [-0.3, -0.25) is 4.79 Å². The van der Waals surface area contributed by atoms with E-state index in [1.54, 1.807) is 18.2 Å². The van der Waals surface area contributed by atoms with Gasteiger partial charge in [-0.05, 0) is 29.3 Å². The van der Waals surface area contributed by atoms with E-state index in [0.717, 1.165) is 5.56 Å². The van der Waals surface area contributed by atoms with Crippen LogP contribution >= 0.6 is 0 Å². The lowest BCUT2D eigenvalue weighted by Crippen LogP contribution is -2.32. The lowest BCUT2D eigenvalue weighted by Gasteiger charge is -2.10. The SMILES string of the molecule is O=C(/C=C/c1ccc(OC(F)F)cc1)NCC(O)Cc1ccccc1. The maximum Gasteiger partial charge on any atom is 0.387 e. The Bertz CT molecular complexity index is 688. The molecule has 0 aliphatic heterocycles. The van der Waals surface area contributed by atoms with Gasteiger partial charge in [0.2, 0.25) is 5.91 Å². The number of rotatable bonds is 8. The van der Waals surface area contributed by atoms with Crippen molar-refractivity contribution in [1.29, 1.82) is 0 Å². The Kier molecular flexibility index (Phi) is 7.10. The molecular formula is C19H19F2NO3. The molecule has 0 aliphatic rings. The van der Waals surface area contributed by atoms with E-state index in [1.807, 2.05) is 30.3 Å². The molecule has 2 N–H and O–H groups in total. The van der Waals surface area contributed by atoms with Crippen molar-refractivity contribution in [3.05, 3.63) is 71.8 Å². The zero-order chi connectivity index (χ0) is 18.1. The molecule has 0 saturated heterocycles. The average Bonchev–Trinajstić information content (AvgIpc) is 2.60. The summed E-state index contributed by atoms with van der Waals surface area (Å²) in [5.74, 6) is -0.291. The molecule has 25 heavy (non-hydrogen) atoms. The van der Waals surface area contributed by atoms with Crippen molar-refractivity contribution >= 4 is 12.0 Å². The molecule has 4 nitrogen and oxygen atoms in total. The molecule has 0 radical (unpaired) electrons. The van der Waals surface area contributed by atoms with E-state index in [-0.39, 0.29) is 18.2 Å². The van der Waals surface area contributed by atoms with Crippen molar-refractivity contribution < 1.29 is 23.4 Å². The quantitative estimate of drug-likeness (QED) is 0.722. The van der Waals surface area contributed by atoms with E-state index in [0.29, 0.717) is 12.0 Å². The topological polar surface area (TPSA) is 58.6 Å². The number of carbonyl (C=O) groups excluding carboxylic acids is 1. The molecule has 0 aromatic heterocycles. The average molecular weight is 347 g/mol. The summed E-state index contributed by atoms with van der Waals surface area (Å²) in [5, 5.41) is 12.5. The van der Waals surface area contributed by atoms with Gasteiger partial charge in [-0.25, -0.2) is 0 Å². The molecule has 1 unspecified atom stereocenters. The van der Waals surface area contributed by atoms with Crippen LogP contribution in [0.25, 0.3) is 6.08 Å². The number of carbonyl (C=O) groups is 1. The Hall–Kier alpha value is -2.73. The molecule has 0 aliphatic carbocycles. The smallest absolute Gasteiger partial charge is 0.387 e. The van der Waals surface area contributed by atoms with Crippen molar-refractivity contribution in [2.24, 2.45) is 0 Å². The molecule has 132 valence electrons. The van der Waals surface area contributed by atoms with Gasteiger partial charge in [-0.15, -0.1) is 0 Å². The first kappa shape index (κ1) is 18.6. The highest BCUT2D eigenvalue weighted by Gasteiger charge is 2.06. The summed E-state index contributed by atoms with van der Waals surface area (Å²) in [7, 11) is 0. The van der Waals surface area contributed by atoms with Crippen molar-refractivity contribution in [3.63, 3.8) is 0 Å². The van der Waals surface area contributed by atoms with Crippen LogP contribution in [0.1, 0.15) is 11.1 Å². The van der Waals surface area contributed by atoms with Crippen LogP contribution in [-0.4, -0.2) is 30.3 Å². The van der Waals surface area contributed by atoms with E-state index >= 15 is 0 Å². The van der Waals surface area contributed by atoms with Gasteiger partial charge in [-0.1, -0.05) is 42.5 Å². The van der Waals surface area contributed by atoms with Crippen LogP contribution in [0.3, 0.4) is 0 Å². The van der Waals surface area contributed by atoms with Gasteiger partial charge >= 0.3 is 6.61 Å². The van der Waals surface area contributed by atoms with Crippen LogP contribution < -0.4 is 10.1 Å². The summed E-state index contributed by atoms with van der Waals surface area (Å²) in [6, 6.07) is 15.4. The van der Waals surface area contributed by atoms with Gasteiger partial charge in [0.1, 0.15) is 5.75 Å². The third kappa shape index (κ3) is 7.14. The highest BCUT2D eigenvalue weighted by molar-refractivity contribution is 5.91. The number of alkyl halides is 2. The minimum atomic E-state index is -2.87. The summed E-state index contributed by atoms with van der Waals surface area (Å²) in [6.45, 7) is -2.73. The molecular weight excluding hydrogens is 328 g/mol. The fourth-order valence-electron chi connectivity index (χ4n) is 2.17. The second-order valence-corrected chi connectivity index (χ2v) is 5.37. The summed E-state index contributed by atoms with van der Waals surface area (Å²) < 4.78 is 28.3. The molecule has 0 heterocycles. The fraction of sp³-hybridized carbons (Fsp3) is 0.211. The Morgan fingerprint density at radius 2 is 1.80 bits per heavy atom. The number of ether oxygens (including phenoxy) is 1. The van der Waals surface area contributed by atoms with Crippen LogP contribution in [0.4, 0.5) is 8.78 Å². The number of hydrogen-bond acceptors (Lipinski definition) is 3. The molecule has 0 spiro atoms. The largest absolute Gasteiger partial charge is 0.435 e. The van der Waals surface area contributed by atoms with Crippen molar-refractivity contribution in [2.45, 2.75) is 19.1 Å². The number of nitrogens with one attached hydrogen (secondary N) is 1. The zero-order valence-electron chi connectivity index (χ0n) is 13.4. The molecule has 6 heteroatoms. The van der Waals surface area contributed by atoms with Crippen LogP contribution in [0, 0.1) is 0 Å². The second-order valence-electron chi connectivity index (χ2n) is 5.37. The van der Waals surface area contributed by atoms with Crippen LogP contribution in [0.15, 0.2) is 60.7 Å². The molecule has 0 saturated carbocycles. The van der Waals surface area contributed by atoms with Gasteiger partial charge in [0.15, 0.2) is 0 Å². The number of halogens is 2. The first-order chi connectivity index (χ1) is 12.0. The molecule has 1 amide bonds. The van der Waals surface area contributed by atoms with Gasteiger partial charge in [0.25, 0.3) is 0 Å². The van der Waals surface area contributed by atoms with Crippen LogP contribution in [0.2, 0.25) is 0 Å². The molecule has 1 atom stereocenters. The number of benzene rings is 2. The maximum absolute atomic E-state index is 12.1. The van der Waals surface area contributed by atoms with Crippen molar-refractivity contribution in [2.75, 3.05) is 6.54 Å². The Morgan fingerprint density at radius 3 is 2.44 bits per heavy atom. The summed E-state index contributed by atoms with van der Waals surface area (Å²) in [5.41, 5.74) is 1.66. The maximum atomic E-state index is 12.1. The lowest BCUT2D eigenvalue weighted by molar-refractivity contribution is -0.116. The predicted molar refractivity (Wildman–Crippen MR) is 91.3 cm³/mol. The highest BCUT2D eigenvalue weighted by atomic mass is 19.3. The van der Waals surface area contributed by atoms with Gasteiger partial charge < -0.3 is 15.2 Å². The standard InChI is InChI=1S/C19H19F2NO3/c20-19(21)25-17-9-6-14(7-10-17)8-11-18(24)22-13-16(23)12-15-4-2-1-3-5-15/h1-11,16,19,23H,12-13H2,(H,22,24)/b11-8+. The minimum Gasteiger partial charge on any atom is -0.435 e. The number of aliphatic hydroxyl groups excluding tert-OH is 1. The highest BCUT2D eigenvalue weighted by Crippen LogP contribution is 2.15. The Morgan fingerprint density at radius 1 is 1.12 bits per heavy atom. The molecule has 2 aromatic rings. The van der Waals surface area contributed by atoms with Crippen LogP contribution in [0.5, 0.6) is 5.75 Å². The fourth-order valence-corrected chi connectivity index (χ4v) is 2.17. The minimum absolute atomic E-state index is 0.0561. The normalized spacial score (nSPS) is 12.3. The van der Waals surface area contributed by atoms with Crippen LogP contribution in [-0.2, 0) is 11.2 Å². The first-order valence-corrected chi connectivity index (χ1v) is 7.75. The Balaban J connectivity index is 1.76. The third-order valence-corrected chi connectivity index (χ3v) is 3.36. The van der Waals surface area contributed by atoms with Crippen molar-refractivity contribution in [1.82, 2.24) is 5.32 Å². The van der Waals surface area contributed by atoms with Gasteiger partial charge in [0, 0.05) is 19.0 Å². The van der Waals surface area contributed by atoms with Gasteiger partial charge in [-0.2, -0.15) is 8.78 Å².